The van der Waals surface area contributed by atoms with Crippen LogP contribution in [-0.2, 0) is 9.31 Å². The molecule has 0 amide bonds. The van der Waals surface area contributed by atoms with Crippen LogP contribution in [0.5, 0.6) is 0 Å². The third-order valence-corrected chi connectivity index (χ3v) is 3.42. The molecule has 0 N–H and O–H groups in total. The lowest BCUT2D eigenvalue weighted by atomic mass is 9.83. The Morgan fingerprint density at radius 1 is 1.41 bits per heavy atom. The fourth-order valence-corrected chi connectivity index (χ4v) is 1.62. The average molecular weight is 234 g/mol. The highest BCUT2D eigenvalue weighted by atomic mass is 16.7. The Morgan fingerprint density at radius 2 is 2.06 bits per heavy atom. The third-order valence-electron chi connectivity index (χ3n) is 3.42. The SMILES string of the molecule is [2H]C([2H])=C([2H])c1ccnc(B2OC(C)(C)C(C)(C)O2)c1. The first kappa shape index (κ1) is 8.89. The van der Waals surface area contributed by atoms with Gasteiger partial charge in [0.25, 0.3) is 0 Å². The number of nitrogens with zero attached hydrogens (tertiary/aromatic N) is 1. The molecule has 0 saturated carbocycles. The van der Waals surface area contributed by atoms with Crippen LogP contribution in [-0.4, -0.2) is 23.3 Å². The van der Waals surface area contributed by atoms with E-state index in [1.807, 2.05) is 27.7 Å². The van der Waals surface area contributed by atoms with Gasteiger partial charge in [-0.3, -0.25) is 4.98 Å². The van der Waals surface area contributed by atoms with Crippen molar-refractivity contribution in [1.82, 2.24) is 4.98 Å². The fraction of sp³-hybridized carbons (Fsp3) is 0.462. The fourth-order valence-electron chi connectivity index (χ4n) is 1.62. The Bertz CT molecular complexity index is 540. The van der Waals surface area contributed by atoms with E-state index in [9.17, 15) is 0 Å². The van der Waals surface area contributed by atoms with Crippen molar-refractivity contribution in [1.29, 1.82) is 0 Å². The Labute approximate surface area is 107 Å². The van der Waals surface area contributed by atoms with Crippen LogP contribution in [0.2, 0.25) is 0 Å². The maximum absolute atomic E-state index is 7.69. The van der Waals surface area contributed by atoms with Gasteiger partial charge in [0.1, 0.15) is 0 Å². The predicted octanol–water partition coefficient (Wildman–Crippen LogP) is 2.02. The van der Waals surface area contributed by atoms with Gasteiger partial charge >= 0.3 is 7.12 Å². The molecule has 1 aromatic rings. The number of pyridine rings is 1. The molecule has 0 aromatic carbocycles. The zero-order valence-electron chi connectivity index (χ0n) is 13.6. The number of hydrogen-bond acceptors (Lipinski definition) is 3. The summed E-state index contributed by atoms with van der Waals surface area (Å²) in [5.41, 5.74) is 0.104. The van der Waals surface area contributed by atoms with Crippen LogP contribution in [0.25, 0.3) is 6.05 Å². The molecule has 1 aliphatic heterocycles. The van der Waals surface area contributed by atoms with E-state index in [-0.39, 0.29) is 6.05 Å². The quantitative estimate of drug-likeness (QED) is 0.733. The zero-order valence-corrected chi connectivity index (χ0v) is 10.6. The summed E-state index contributed by atoms with van der Waals surface area (Å²) in [7, 11) is -0.604. The minimum absolute atomic E-state index is 0.148. The van der Waals surface area contributed by atoms with Gasteiger partial charge in [-0.1, -0.05) is 12.6 Å². The van der Waals surface area contributed by atoms with Gasteiger partial charge < -0.3 is 9.31 Å². The standard InChI is InChI=1S/C13H18BNO2/c1-6-10-7-8-15-11(9-10)14-16-12(2,3)13(4,5)17-14/h6-9H,1H2,2-5H3/i1D2,6D. The Kier molecular flexibility index (Phi) is 2.07. The highest BCUT2D eigenvalue weighted by Gasteiger charge is 2.52. The first-order valence-corrected chi connectivity index (χ1v) is 5.60. The maximum atomic E-state index is 7.69. The highest BCUT2D eigenvalue weighted by molar-refractivity contribution is 6.61. The number of hydrogen-bond donors (Lipinski definition) is 0. The Morgan fingerprint density at radius 3 is 2.65 bits per heavy atom. The van der Waals surface area contributed by atoms with Gasteiger partial charge in [-0.05, 0) is 45.4 Å². The van der Waals surface area contributed by atoms with E-state index < -0.39 is 24.9 Å². The van der Waals surface area contributed by atoms with Gasteiger partial charge in [-0.15, -0.1) is 0 Å². The maximum Gasteiger partial charge on any atom is 0.514 e. The highest BCUT2D eigenvalue weighted by Crippen LogP contribution is 2.36. The molecule has 2 heterocycles. The average Bonchev–Trinajstić information content (AvgIpc) is 2.57. The van der Waals surface area contributed by atoms with Crippen molar-refractivity contribution < 1.29 is 13.4 Å². The van der Waals surface area contributed by atoms with E-state index in [2.05, 4.69) is 4.98 Å². The van der Waals surface area contributed by atoms with Gasteiger partial charge in [-0.25, -0.2) is 0 Å². The van der Waals surface area contributed by atoms with Crippen LogP contribution in [0, 0.1) is 0 Å². The van der Waals surface area contributed by atoms with Crippen LogP contribution < -0.4 is 5.59 Å². The minimum atomic E-state index is -0.604. The van der Waals surface area contributed by atoms with Crippen molar-refractivity contribution in [2.45, 2.75) is 38.9 Å². The van der Waals surface area contributed by atoms with E-state index in [1.165, 1.54) is 6.20 Å². The number of aromatic nitrogens is 1. The Hall–Kier alpha value is -1.13. The van der Waals surface area contributed by atoms with Gasteiger partial charge in [0.2, 0.25) is 0 Å². The van der Waals surface area contributed by atoms with E-state index in [4.69, 9.17) is 13.4 Å². The molecule has 0 bridgehead atoms. The first-order chi connectivity index (χ1) is 9.14. The topological polar surface area (TPSA) is 31.4 Å². The summed E-state index contributed by atoms with van der Waals surface area (Å²) in [5, 5.41) is 0. The summed E-state index contributed by atoms with van der Waals surface area (Å²) < 4.78 is 33.9. The largest absolute Gasteiger partial charge is 0.514 e. The molecule has 17 heavy (non-hydrogen) atoms. The molecule has 0 atom stereocenters. The third kappa shape index (κ3) is 2.15. The van der Waals surface area contributed by atoms with Gasteiger partial charge in [0.05, 0.1) is 20.9 Å². The first-order valence-electron chi connectivity index (χ1n) is 7.10. The van der Waals surface area contributed by atoms with Crippen LogP contribution >= 0.6 is 0 Å². The normalized spacial score (nSPS) is 23.8. The van der Waals surface area contributed by atoms with E-state index in [0.29, 0.717) is 11.2 Å². The van der Waals surface area contributed by atoms with Crippen LogP contribution in [0.4, 0.5) is 0 Å². The molecule has 0 radical (unpaired) electrons. The molecule has 3 nitrogen and oxygen atoms in total. The molecule has 1 aliphatic rings. The lowest BCUT2D eigenvalue weighted by Crippen LogP contribution is -2.41. The summed E-state index contributed by atoms with van der Waals surface area (Å²) in [4.78, 5) is 4.22. The minimum Gasteiger partial charge on any atom is -0.398 e. The lowest BCUT2D eigenvalue weighted by Gasteiger charge is -2.32. The summed E-state index contributed by atoms with van der Waals surface area (Å²) in [6.07, 6.45) is 1.53. The molecule has 0 unspecified atom stereocenters. The Balaban J connectivity index is 2.33. The second-order valence-corrected chi connectivity index (χ2v) is 5.18. The molecule has 0 spiro atoms. The van der Waals surface area contributed by atoms with Crippen molar-refractivity contribution >= 4 is 18.8 Å². The van der Waals surface area contributed by atoms with Crippen molar-refractivity contribution in [2.75, 3.05) is 0 Å². The molecule has 90 valence electrons. The molecule has 1 saturated heterocycles. The molecular weight excluding hydrogens is 213 g/mol. The molecule has 1 aromatic heterocycles. The molecule has 2 rings (SSSR count). The summed E-state index contributed by atoms with van der Waals surface area (Å²) >= 11 is 0. The van der Waals surface area contributed by atoms with E-state index in [0.717, 1.165) is 0 Å². The predicted molar refractivity (Wildman–Crippen MR) is 70.0 cm³/mol. The second-order valence-electron chi connectivity index (χ2n) is 5.18. The summed E-state index contributed by atoms with van der Waals surface area (Å²) in [6, 6.07) is 3.08. The van der Waals surface area contributed by atoms with Crippen molar-refractivity contribution in [3.63, 3.8) is 0 Å². The molecule has 4 heteroatoms. The van der Waals surface area contributed by atoms with E-state index in [1.54, 1.807) is 12.1 Å². The lowest BCUT2D eigenvalue weighted by molar-refractivity contribution is 0.00578. The van der Waals surface area contributed by atoms with Gasteiger partial charge in [0.15, 0.2) is 0 Å². The second kappa shape index (κ2) is 3.96. The van der Waals surface area contributed by atoms with Gasteiger partial charge in [0, 0.05) is 6.20 Å². The van der Waals surface area contributed by atoms with Crippen LogP contribution in [0.1, 0.15) is 37.4 Å². The molecular formula is C13H18BNO2. The van der Waals surface area contributed by atoms with Crippen molar-refractivity contribution in [3.05, 3.63) is 30.4 Å². The zero-order chi connectivity index (χ0) is 15.1. The van der Waals surface area contributed by atoms with Crippen molar-refractivity contribution in [2.24, 2.45) is 0 Å². The van der Waals surface area contributed by atoms with Crippen LogP contribution in [0.3, 0.4) is 0 Å². The van der Waals surface area contributed by atoms with Crippen molar-refractivity contribution in [3.8, 4) is 0 Å². The number of rotatable bonds is 2. The monoisotopic (exact) mass is 234 g/mol. The molecule has 1 fully saturated rings. The van der Waals surface area contributed by atoms with Crippen LogP contribution in [0.15, 0.2) is 24.9 Å². The van der Waals surface area contributed by atoms with Gasteiger partial charge in [-0.2, -0.15) is 0 Å². The van der Waals surface area contributed by atoms with E-state index >= 15 is 0 Å². The summed E-state index contributed by atoms with van der Waals surface area (Å²) in [5.74, 6) is 0. The smallest absolute Gasteiger partial charge is 0.398 e. The molecule has 0 aliphatic carbocycles. The summed E-state index contributed by atoms with van der Waals surface area (Å²) in [6.45, 7) is 7.30.